The van der Waals surface area contributed by atoms with Crippen LogP contribution in [0.3, 0.4) is 0 Å². The van der Waals surface area contributed by atoms with Gasteiger partial charge in [-0.2, -0.15) is 79.0 Å². The number of hydrogen-bond acceptors (Lipinski definition) is 6. The first-order valence-corrected chi connectivity index (χ1v) is 87.0. The predicted molar refractivity (Wildman–Crippen MR) is 581 cm³/mol. The monoisotopic (exact) mass is 2900 g/mol. The molecule has 0 aliphatic rings. The van der Waals surface area contributed by atoms with E-state index < -0.39 is 196 Å². The summed E-state index contributed by atoms with van der Waals surface area (Å²) in [7, 11) is 57.8. The third-order valence-corrected chi connectivity index (χ3v) is 28.9. The SMILES string of the molecule is CC(C)(C)c1cc(Pc2ccccc2C(F)(F)F)c(O)c(C(C)(C)C)c1.Cc1cc(C(C)(C)C)cc(Pc2ccccc2C(F)(F)F)c1O.Cc1cc(C)c(O)c(Pc2ccccc2C(F)(F)F)c1.Cc1cc(Pc2ccccc2C(F)(F)F)c(O)c(C(C)(C)C)c1.Cc1cccc(C(F)(F)F)c1Pc1ccccc1O.Cc1cccc(Pc2c(C)cccc2C(F)(F)F)c1O.[Cl][Zr][Cl].[Cl][Zr][Cl].[Cl][Zr][Cl].[Cl][Zr][Cl].[Cl][Zr][Cl].[Cl][Zr][Cl]. The fraction of sp³-hybridized carbons (Fsp3) is 0.287. The third-order valence-electron chi connectivity index (χ3n) is 20.3. The van der Waals surface area contributed by atoms with Crippen LogP contribution < -0.4 is 63.7 Å². The summed E-state index contributed by atoms with van der Waals surface area (Å²) in [5.41, 5.74) is 3.84. The topological polar surface area (TPSA) is 121 Å². The van der Waals surface area contributed by atoms with Crippen molar-refractivity contribution < 1.29 is 235 Å². The van der Waals surface area contributed by atoms with Crippen LogP contribution in [0.15, 0.2) is 224 Å². The van der Waals surface area contributed by atoms with Crippen LogP contribution in [0.4, 0.5) is 79.0 Å². The quantitative estimate of drug-likeness (QED) is 0.0535. The molecule has 0 saturated carbocycles. The third kappa shape index (κ3) is 52.3. The normalized spacial score (nSPS) is 11.8. The van der Waals surface area contributed by atoms with Gasteiger partial charge in [-0.25, -0.2) is 0 Å². The van der Waals surface area contributed by atoms with Crippen molar-refractivity contribution in [2.45, 2.75) is 190 Å². The number of para-hydroxylation sites is 2. The summed E-state index contributed by atoms with van der Waals surface area (Å²) in [6.45, 7) is 36.5. The van der Waals surface area contributed by atoms with Crippen molar-refractivity contribution in [1.82, 2.24) is 0 Å². The van der Waals surface area contributed by atoms with Crippen molar-refractivity contribution in [3.05, 3.63) is 319 Å². The van der Waals surface area contributed by atoms with E-state index in [-0.39, 0.29) is 139 Å². The Hall–Kier alpha value is -0.461. The van der Waals surface area contributed by atoms with Crippen LogP contribution in [-0.2, 0) is 184 Å². The van der Waals surface area contributed by atoms with Crippen LogP contribution in [0.2, 0.25) is 0 Å². The van der Waals surface area contributed by atoms with Crippen LogP contribution in [0.1, 0.15) is 178 Å². The number of hydrogen-bond donors (Lipinski definition) is 6. The van der Waals surface area contributed by atoms with Crippen LogP contribution in [0, 0.1) is 48.5 Å². The molecule has 6 atom stereocenters. The Morgan fingerprint density at radius 1 is 0.195 bits per heavy atom. The van der Waals surface area contributed by atoms with Gasteiger partial charge in [-0.15, -0.1) is 0 Å². The molecule has 0 heterocycles. The number of rotatable bonds is 12. The first-order valence-electron chi connectivity index (χ1n) is 43.0. The van der Waals surface area contributed by atoms with Crippen LogP contribution in [0.25, 0.3) is 0 Å². The van der Waals surface area contributed by atoms with E-state index in [0.717, 1.165) is 69.8 Å². The first-order chi connectivity index (χ1) is 68.7. The number of phenolic OH excluding ortho intramolecular Hbond substituents is 6. The molecule has 0 radical (unpaired) electrons. The fourth-order valence-corrected chi connectivity index (χ4v) is 21.4. The first kappa shape index (κ1) is 147. The summed E-state index contributed by atoms with van der Waals surface area (Å²) in [5.74, 6) is 0.442. The molecule has 12 aromatic rings. The zero-order chi connectivity index (χ0) is 115. The second kappa shape index (κ2) is 69.5. The number of benzene rings is 12. The molecule has 48 heteroatoms. The minimum atomic E-state index is -4.41. The van der Waals surface area contributed by atoms with Gasteiger partial charge in [-0.1, -0.05) is 292 Å². The summed E-state index contributed by atoms with van der Waals surface area (Å²) in [6.07, 6.45) is -26.3. The molecule has 6 unspecified atom stereocenters. The summed E-state index contributed by atoms with van der Waals surface area (Å²) in [6, 6.07) is 56.7. The number of aromatic hydroxyl groups is 6. The van der Waals surface area contributed by atoms with E-state index in [0.29, 0.717) is 59.6 Å². The molecule has 12 rings (SSSR count). The summed E-state index contributed by atoms with van der Waals surface area (Å²) in [4.78, 5) is 0. The Labute approximate surface area is 982 Å². The average Bonchev–Trinajstić information content (AvgIpc) is 0.773. The minimum absolute atomic E-state index is 0.0252. The van der Waals surface area contributed by atoms with Gasteiger partial charge in [0.25, 0.3) is 0 Å². The summed E-state index contributed by atoms with van der Waals surface area (Å²) in [5, 5.41) is 65.7. The maximum atomic E-state index is 13.3. The molecular weight excluding hydrogens is 2810 g/mol. The molecule has 0 spiro atoms. The van der Waals surface area contributed by atoms with E-state index in [9.17, 15) is 110 Å². The van der Waals surface area contributed by atoms with Crippen molar-refractivity contribution in [1.29, 1.82) is 0 Å². The number of halogens is 30. The van der Waals surface area contributed by atoms with Crippen molar-refractivity contribution in [2.24, 2.45) is 0 Å². The molecule has 0 amide bonds. The zero-order valence-electron chi connectivity index (χ0n) is 82.9. The van der Waals surface area contributed by atoms with Gasteiger partial charge in [0, 0.05) is 43.0 Å². The van der Waals surface area contributed by atoms with Gasteiger partial charge < -0.3 is 30.6 Å². The van der Waals surface area contributed by atoms with Crippen LogP contribution >= 0.6 is 154 Å². The van der Waals surface area contributed by atoms with E-state index in [1.54, 1.807) is 126 Å². The van der Waals surface area contributed by atoms with E-state index in [1.807, 2.05) is 106 Å². The molecule has 0 bridgehead atoms. The molecule has 0 aromatic heterocycles. The van der Waals surface area contributed by atoms with Gasteiger partial charge in [0.05, 0.1) is 33.4 Å². The van der Waals surface area contributed by atoms with Gasteiger partial charge in [0.1, 0.15) is 34.5 Å². The van der Waals surface area contributed by atoms with E-state index >= 15 is 0 Å². The molecule has 149 heavy (non-hydrogen) atoms. The fourth-order valence-electron chi connectivity index (χ4n) is 13.2. The molecular formula is C101H106Cl12F18O6P6Zr6. The van der Waals surface area contributed by atoms with Crippen LogP contribution in [-0.4, -0.2) is 30.6 Å². The average molecular weight is 2920 g/mol. The Balaban J connectivity index is 0.000000866. The van der Waals surface area contributed by atoms with Gasteiger partial charge in [-0.05, 0) is 219 Å². The number of aryl methyl sites for hydroxylation is 7. The molecule has 6 nitrogen and oxygen atoms in total. The standard InChI is InChI=1S/C21H26F3OP.2C18H20F3OP.2C15H14F3OP.C14H12F3OP.12ClH.6Zr/c1-19(2,3)13-11-15(20(4,5)6)18(25)17(12-13)26-16-10-8-7-9-14(16)21(22,23)24;1-11-9-12(17(2,3)4)10-15(16(11)22)23-14-8-6-5-7-13(14)18(19,20)21;1-11-9-13(17(2,3)4)16(22)15(10-11)23-14-8-6-5-7-12(14)18(19,20)21;1-9-5-4-8-12(13(9)19)20-14-10(2)6-3-7-11(14)15(16,17)18;1-9-7-10(2)14(19)13(8-9)20-12-6-4-3-5-11(12)15(16,17)18;1-9-5-4-6-10(14(15,16)17)13(9)19-12-8-3-2-7-11(12)18;;;;;;;;;;;;;;;;;;/h7-12,25-26H,1-6H3;2*5-10,22-23H,1-4H3;2*3-8,19-20H,1-2H3;2-8,18-19H,1H3;12*1H;;;;;;/q;;;;;;;;;;;;;;;;;;6*+2/p-12. The van der Waals surface area contributed by atoms with Crippen LogP contribution in [0.5, 0.6) is 34.5 Å². The summed E-state index contributed by atoms with van der Waals surface area (Å²) < 4.78 is 236. The summed E-state index contributed by atoms with van der Waals surface area (Å²) >= 11 is -4.95. The second-order valence-corrected chi connectivity index (χ2v) is 65.9. The molecule has 0 saturated heterocycles. The van der Waals surface area contributed by atoms with Gasteiger partial charge in [-0.3, -0.25) is 0 Å². The van der Waals surface area contributed by atoms with E-state index in [1.165, 1.54) is 66.7 Å². The maximum absolute atomic E-state index is 13.3. The Bertz CT molecular complexity index is 6090. The van der Waals surface area contributed by atoms with Gasteiger partial charge >= 0.3 is 264 Å². The molecule has 0 fully saturated rings. The molecule has 810 valence electrons. The van der Waals surface area contributed by atoms with Crippen molar-refractivity contribution in [3.8, 4) is 34.5 Å². The Kier molecular flexibility index (Phi) is 68.3. The van der Waals surface area contributed by atoms with Gasteiger partial charge in [0.15, 0.2) is 0 Å². The predicted octanol–water partition coefficient (Wildman–Crippen LogP) is 33.8. The van der Waals surface area contributed by atoms with E-state index in [4.69, 9.17) is 102 Å². The molecule has 0 aliphatic heterocycles. The number of alkyl halides is 18. The Morgan fingerprint density at radius 2 is 0.416 bits per heavy atom. The van der Waals surface area contributed by atoms with Gasteiger partial charge in [0.2, 0.25) is 0 Å². The molecule has 12 aromatic carbocycles. The second-order valence-electron chi connectivity index (χ2n) is 35.6. The zero-order valence-corrected chi connectivity index (χ0v) is 113. The van der Waals surface area contributed by atoms with E-state index in [2.05, 4.69) is 20.8 Å². The van der Waals surface area contributed by atoms with Crippen molar-refractivity contribution in [3.63, 3.8) is 0 Å². The Morgan fingerprint density at radius 3 is 0.718 bits per heavy atom. The van der Waals surface area contributed by atoms with Crippen molar-refractivity contribution in [2.75, 3.05) is 0 Å². The molecule has 0 aliphatic carbocycles. The molecule has 6 N–H and O–H groups in total. The number of phenols is 6. The van der Waals surface area contributed by atoms with Crippen molar-refractivity contribution >= 4 is 217 Å².